The highest BCUT2D eigenvalue weighted by Crippen LogP contribution is 2.24. The fraction of sp³-hybridized carbons (Fsp3) is 0.562. The molecule has 1 rings (SSSR count). The first-order chi connectivity index (χ1) is 9.73. The van der Waals surface area contributed by atoms with E-state index < -0.39 is 0 Å². The second kappa shape index (κ2) is 7.31. The number of hydrogen-bond donors (Lipinski definition) is 2. The summed E-state index contributed by atoms with van der Waals surface area (Å²) in [7, 11) is 1.65. The smallest absolute Gasteiger partial charge is 0.317 e. The van der Waals surface area contributed by atoms with Gasteiger partial charge in [0.2, 0.25) is 0 Å². The Labute approximate surface area is 126 Å². The number of carbonyl (C=O) groups is 1. The summed E-state index contributed by atoms with van der Waals surface area (Å²) in [5.74, 6) is 0.785. The van der Waals surface area contributed by atoms with Gasteiger partial charge in [-0.25, -0.2) is 4.79 Å². The molecule has 0 aliphatic heterocycles. The van der Waals surface area contributed by atoms with Gasteiger partial charge in [-0.05, 0) is 39.3 Å². The second-order valence-corrected chi connectivity index (χ2v) is 6.13. The van der Waals surface area contributed by atoms with Crippen LogP contribution < -0.4 is 10.1 Å². The number of aliphatic hydroxyl groups excluding tert-OH is 1. The van der Waals surface area contributed by atoms with Crippen molar-refractivity contribution in [3.63, 3.8) is 0 Å². The van der Waals surface area contributed by atoms with E-state index in [0.29, 0.717) is 13.1 Å². The predicted molar refractivity (Wildman–Crippen MR) is 83.5 cm³/mol. The van der Waals surface area contributed by atoms with Crippen molar-refractivity contribution in [3.05, 3.63) is 29.3 Å². The molecule has 21 heavy (non-hydrogen) atoms. The molecule has 0 bridgehead atoms. The molecule has 0 spiro atoms. The van der Waals surface area contributed by atoms with E-state index in [0.717, 1.165) is 16.9 Å². The Bertz CT molecular complexity index is 481. The molecule has 0 atom stereocenters. The van der Waals surface area contributed by atoms with E-state index >= 15 is 0 Å². The van der Waals surface area contributed by atoms with Crippen LogP contribution in [0.2, 0.25) is 0 Å². The summed E-state index contributed by atoms with van der Waals surface area (Å²) in [5.41, 5.74) is 1.75. The standard InChI is InChI=1S/C16H26N2O3/c1-12-6-7-13(14(10-12)21-16(2,3)4)11-17-15(20)18(5)8-9-19/h6-7,10,19H,8-9,11H2,1-5H3,(H,17,20). The van der Waals surface area contributed by atoms with Crippen LogP contribution in [0, 0.1) is 6.92 Å². The zero-order valence-corrected chi connectivity index (χ0v) is 13.6. The van der Waals surface area contributed by atoms with Gasteiger partial charge >= 0.3 is 6.03 Å². The molecule has 0 radical (unpaired) electrons. The zero-order chi connectivity index (χ0) is 16.0. The Hall–Kier alpha value is -1.75. The molecule has 5 heteroatoms. The van der Waals surface area contributed by atoms with Gasteiger partial charge in [0.15, 0.2) is 0 Å². The van der Waals surface area contributed by atoms with Gasteiger partial charge in [0.25, 0.3) is 0 Å². The van der Waals surface area contributed by atoms with Gasteiger partial charge in [-0.1, -0.05) is 12.1 Å². The first-order valence-electron chi connectivity index (χ1n) is 7.11. The molecule has 118 valence electrons. The molecule has 0 aliphatic carbocycles. The number of aliphatic hydroxyl groups is 1. The van der Waals surface area contributed by atoms with Crippen molar-refractivity contribution in [1.29, 1.82) is 0 Å². The summed E-state index contributed by atoms with van der Waals surface area (Å²) in [5, 5.41) is 11.7. The monoisotopic (exact) mass is 294 g/mol. The van der Waals surface area contributed by atoms with Crippen LogP contribution in [0.15, 0.2) is 18.2 Å². The average Bonchev–Trinajstić information content (AvgIpc) is 2.35. The maximum atomic E-state index is 11.8. The van der Waals surface area contributed by atoms with E-state index in [4.69, 9.17) is 9.84 Å². The largest absolute Gasteiger partial charge is 0.488 e. The molecule has 5 nitrogen and oxygen atoms in total. The van der Waals surface area contributed by atoms with Crippen molar-refractivity contribution in [2.24, 2.45) is 0 Å². The Kier molecular flexibility index (Phi) is 6.03. The lowest BCUT2D eigenvalue weighted by atomic mass is 10.1. The molecule has 0 fully saturated rings. The van der Waals surface area contributed by atoms with E-state index in [1.54, 1.807) is 7.05 Å². The van der Waals surface area contributed by atoms with Crippen molar-refractivity contribution in [2.75, 3.05) is 20.2 Å². The van der Waals surface area contributed by atoms with Gasteiger partial charge in [-0.2, -0.15) is 0 Å². The predicted octanol–water partition coefficient (Wildman–Crippen LogP) is 2.31. The highest BCUT2D eigenvalue weighted by Gasteiger charge is 2.15. The number of rotatable bonds is 5. The molecule has 0 saturated carbocycles. The second-order valence-electron chi connectivity index (χ2n) is 6.13. The third-order valence-corrected chi connectivity index (χ3v) is 2.85. The highest BCUT2D eigenvalue weighted by atomic mass is 16.5. The van der Waals surface area contributed by atoms with Gasteiger partial charge in [0.1, 0.15) is 11.4 Å². The van der Waals surface area contributed by atoms with E-state index in [-0.39, 0.29) is 18.2 Å². The lowest BCUT2D eigenvalue weighted by Gasteiger charge is -2.24. The van der Waals surface area contributed by atoms with Crippen molar-refractivity contribution < 1.29 is 14.6 Å². The molecule has 0 heterocycles. The average molecular weight is 294 g/mol. The Balaban J connectivity index is 2.76. The Morgan fingerprint density at radius 3 is 2.62 bits per heavy atom. The van der Waals surface area contributed by atoms with Crippen molar-refractivity contribution in [3.8, 4) is 5.75 Å². The first-order valence-corrected chi connectivity index (χ1v) is 7.11. The summed E-state index contributed by atoms with van der Waals surface area (Å²) in [6.45, 7) is 8.64. The Morgan fingerprint density at radius 1 is 1.38 bits per heavy atom. The number of aryl methyl sites for hydroxylation is 1. The summed E-state index contributed by atoms with van der Waals surface area (Å²) in [4.78, 5) is 13.3. The van der Waals surface area contributed by atoms with Crippen molar-refractivity contribution in [1.82, 2.24) is 10.2 Å². The SMILES string of the molecule is Cc1ccc(CNC(=O)N(C)CCO)c(OC(C)(C)C)c1. The number of amides is 2. The lowest BCUT2D eigenvalue weighted by molar-refractivity contribution is 0.129. The van der Waals surface area contributed by atoms with E-state index in [9.17, 15) is 4.79 Å². The van der Waals surface area contributed by atoms with Gasteiger partial charge < -0.3 is 20.1 Å². The molecule has 1 aromatic carbocycles. The summed E-state index contributed by atoms with van der Waals surface area (Å²) < 4.78 is 5.95. The normalized spacial score (nSPS) is 11.1. The molecule has 1 aromatic rings. The number of likely N-dealkylation sites (N-methyl/N-ethyl adjacent to an activating group) is 1. The van der Waals surface area contributed by atoms with Gasteiger partial charge in [-0.3, -0.25) is 0 Å². The molecule has 2 amide bonds. The van der Waals surface area contributed by atoms with E-state index in [2.05, 4.69) is 5.32 Å². The van der Waals surface area contributed by atoms with Crippen molar-refractivity contribution >= 4 is 6.03 Å². The van der Waals surface area contributed by atoms with E-state index in [1.165, 1.54) is 4.90 Å². The maximum Gasteiger partial charge on any atom is 0.317 e. The number of urea groups is 1. The zero-order valence-electron chi connectivity index (χ0n) is 13.6. The third-order valence-electron chi connectivity index (χ3n) is 2.85. The van der Waals surface area contributed by atoms with Crippen LogP contribution in [-0.2, 0) is 6.54 Å². The highest BCUT2D eigenvalue weighted by molar-refractivity contribution is 5.73. The van der Waals surface area contributed by atoms with Crippen LogP contribution in [0.3, 0.4) is 0 Å². The number of carbonyl (C=O) groups excluding carboxylic acids is 1. The van der Waals surface area contributed by atoms with Gasteiger partial charge in [0.05, 0.1) is 6.61 Å². The van der Waals surface area contributed by atoms with Crippen LogP contribution in [0.1, 0.15) is 31.9 Å². The van der Waals surface area contributed by atoms with Gasteiger partial charge in [0, 0.05) is 25.7 Å². The number of benzene rings is 1. The first kappa shape index (κ1) is 17.3. The minimum atomic E-state index is -0.291. The van der Waals surface area contributed by atoms with Crippen LogP contribution in [0.4, 0.5) is 4.79 Å². The molecular weight excluding hydrogens is 268 g/mol. The molecular formula is C16H26N2O3. The minimum absolute atomic E-state index is 0.0488. The van der Waals surface area contributed by atoms with Crippen LogP contribution >= 0.6 is 0 Å². The maximum absolute atomic E-state index is 11.8. The van der Waals surface area contributed by atoms with Crippen LogP contribution in [-0.4, -0.2) is 41.8 Å². The lowest BCUT2D eigenvalue weighted by Crippen LogP contribution is -2.38. The fourth-order valence-electron chi connectivity index (χ4n) is 1.79. The summed E-state index contributed by atoms with van der Waals surface area (Å²) in [6, 6.07) is 5.72. The molecule has 2 N–H and O–H groups in total. The minimum Gasteiger partial charge on any atom is -0.488 e. The van der Waals surface area contributed by atoms with Crippen LogP contribution in [0.5, 0.6) is 5.75 Å². The number of hydrogen-bond acceptors (Lipinski definition) is 3. The molecule has 0 saturated heterocycles. The third kappa shape index (κ3) is 6.04. The van der Waals surface area contributed by atoms with Crippen LogP contribution in [0.25, 0.3) is 0 Å². The fourth-order valence-corrected chi connectivity index (χ4v) is 1.79. The molecule has 0 unspecified atom stereocenters. The van der Waals surface area contributed by atoms with Crippen molar-refractivity contribution in [2.45, 2.75) is 39.8 Å². The van der Waals surface area contributed by atoms with Gasteiger partial charge in [-0.15, -0.1) is 0 Å². The molecule has 0 aliphatic rings. The number of nitrogens with one attached hydrogen (secondary N) is 1. The van der Waals surface area contributed by atoms with E-state index in [1.807, 2.05) is 45.9 Å². The topological polar surface area (TPSA) is 61.8 Å². The Morgan fingerprint density at radius 2 is 2.05 bits per heavy atom. The number of ether oxygens (including phenoxy) is 1. The summed E-state index contributed by atoms with van der Waals surface area (Å²) >= 11 is 0. The summed E-state index contributed by atoms with van der Waals surface area (Å²) in [6.07, 6.45) is 0. The number of nitrogens with zero attached hydrogens (tertiary/aromatic N) is 1. The quantitative estimate of drug-likeness (QED) is 0.876. The molecule has 0 aromatic heterocycles.